The number of hydrogen-bond acceptors (Lipinski definition) is 4. The van der Waals surface area contributed by atoms with Gasteiger partial charge in [-0.15, -0.1) is 0 Å². The van der Waals surface area contributed by atoms with Gasteiger partial charge in [-0.1, -0.05) is 0 Å². The highest BCUT2D eigenvalue weighted by Gasteiger charge is 2.36. The lowest BCUT2D eigenvalue weighted by atomic mass is 10.2. The number of nitrogens with zero attached hydrogens (tertiary/aromatic N) is 1. The van der Waals surface area contributed by atoms with E-state index in [-0.39, 0.29) is 12.0 Å². The van der Waals surface area contributed by atoms with Gasteiger partial charge in [-0.3, -0.25) is 4.79 Å². The molecule has 0 bridgehead atoms. The third kappa shape index (κ3) is 3.19. The molecule has 0 aromatic carbocycles. The molecule has 2 aliphatic rings. The molecule has 1 unspecified atom stereocenters. The Balaban J connectivity index is 1.67. The first-order valence-electron chi connectivity index (χ1n) is 6.35. The average molecular weight is 226 g/mol. The maximum absolute atomic E-state index is 11.5. The first-order chi connectivity index (χ1) is 7.81. The van der Waals surface area contributed by atoms with Gasteiger partial charge in [-0.2, -0.15) is 0 Å². The van der Waals surface area contributed by atoms with Crippen LogP contribution in [0.5, 0.6) is 0 Å². The second kappa shape index (κ2) is 5.64. The van der Waals surface area contributed by atoms with Crippen molar-refractivity contribution in [3.05, 3.63) is 0 Å². The quantitative estimate of drug-likeness (QED) is 0.674. The predicted molar refractivity (Wildman–Crippen MR) is 62.2 cm³/mol. The number of likely N-dealkylation sites (tertiary alicyclic amines) is 1. The smallest absolute Gasteiger partial charge is 0.323 e. The van der Waals surface area contributed by atoms with Crippen molar-refractivity contribution in [1.82, 2.24) is 10.2 Å². The van der Waals surface area contributed by atoms with Crippen LogP contribution in [0.15, 0.2) is 0 Å². The van der Waals surface area contributed by atoms with Gasteiger partial charge in [0.05, 0.1) is 7.11 Å². The zero-order valence-corrected chi connectivity index (χ0v) is 10.1. The van der Waals surface area contributed by atoms with E-state index in [9.17, 15) is 4.79 Å². The van der Waals surface area contributed by atoms with E-state index in [4.69, 9.17) is 4.74 Å². The van der Waals surface area contributed by atoms with Gasteiger partial charge in [0.1, 0.15) is 6.04 Å². The minimum atomic E-state index is -0.0936. The maximum atomic E-state index is 11.5. The Morgan fingerprint density at radius 1 is 1.44 bits per heavy atom. The fourth-order valence-corrected chi connectivity index (χ4v) is 2.38. The minimum absolute atomic E-state index is 0.0624. The van der Waals surface area contributed by atoms with E-state index in [1.165, 1.54) is 33.0 Å². The van der Waals surface area contributed by atoms with Gasteiger partial charge in [-0.05, 0) is 44.7 Å². The molecule has 0 aromatic rings. The van der Waals surface area contributed by atoms with Crippen molar-refractivity contribution in [1.29, 1.82) is 0 Å². The van der Waals surface area contributed by atoms with E-state index in [0.29, 0.717) is 5.92 Å². The fraction of sp³-hybridized carbons (Fsp3) is 0.917. The fourth-order valence-electron chi connectivity index (χ4n) is 2.38. The Labute approximate surface area is 97.3 Å². The predicted octanol–water partition coefficient (Wildman–Crippen LogP) is 0.623. The van der Waals surface area contributed by atoms with Gasteiger partial charge in [0.15, 0.2) is 0 Å². The molecular weight excluding hydrogens is 204 g/mol. The number of ether oxygens (including phenoxy) is 1. The summed E-state index contributed by atoms with van der Waals surface area (Å²) >= 11 is 0. The lowest BCUT2D eigenvalue weighted by Gasteiger charge is -2.19. The Morgan fingerprint density at radius 3 is 2.69 bits per heavy atom. The summed E-state index contributed by atoms with van der Waals surface area (Å²) in [6.07, 6.45) is 4.97. The Hall–Kier alpha value is -0.610. The monoisotopic (exact) mass is 226 g/mol. The van der Waals surface area contributed by atoms with Crippen LogP contribution in [0.1, 0.15) is 25.7 Å². The van der Waals surface area contributed by atoms with E-state index in [1.807, 2.05) is 0 Å². The zero-order chi connectivity index (χ0) is 11.4. The molecule has 1 N–H and O–H groups in total. The van der Waals surface area contributed by atoms with Crippen LogP contribution in [-0.2, 0) is 9.53 Å². The van der Waals surface area contributed by atoms with Crippen LogP contribution in [0.3, 0.4) is 0 Å². The zero-order valence-electron chi connectivity index (χ0n) is 10.1. The molecule has 92 valence electrons. The van der Waals surface area contributed by atoms with E-state index in [0.717, 1.165) is 25.9 Å². The molecule has 1 atom stereocenters. The van der Waals surface area contributed by atoms with Gasteiger partial charge in [0, 0.05) is 13.1 Å². The second-order valence-electron chi connectivity index (χ2n) is 4.84. The molecule has 1 heterocycles. The van der Waals surface area contributed by atoms with Crippen LogP contribution < -0.4 is 5.32 Å². The second-order valence-corrected chi connectivity index (χ2v) is 4.84. The molecule has 2 fully saturated rings. The number of hydrogen-bond donors (Lipinski definition) is 1. The van der Waals surface area contributed by atoms with Crippen molar-refractivity contribution in [3.8, 4) is 0 Å². The first-order valence-corrected chi connectivity index (χ1v) is 6.35. The molecular formula is C12H22N2O2. The van der Waals surface area contributed by atoms with Crippen molar-refractivity contribution in [3.63, 3.8) is 0 Å². The van der Waals surface area contributed by atoms with Gasteiger partial charge >= 0.3 is 5.97 Å². The number of nitrogens with one attached hydrogen (secondary N) is 1. The number of carbonyl (C=O) groups is 1. The van der Waals surface area contributed by atoms with Crippen molar-refractivity contribution >= 4 is 5.97 Å². The number of methoxy groups -OCH3 is 1. The van der Waals surface area contributed by atoms with Crippen LogP contribution in [0.4, 0.5) is 0 Å². The standard InChI is InChI=1S/C12H22N2O2/c1-16-12(15)11(10-4-5-10)13-6-9-14-7-2-3-8-14/h10-11,13H,2-9H2,1H3. The summed E-state index contributed by atoms with van der Waals surface area (Å²) in [4.78, 5) is 14.0. The Kier molecular flexibility index (Phi) is 4.18. The summed E-state index contributed by atoms with van der Waals surface area (Å²) in [5, 5.41) is 3.34. The molecule has 0 spiro atoms. The van der Waals surface area contributed by atoms with Crippen LogP contribution in [0, 0.1) is 5.92 Å². The largest absolute Gasteiger partial charge is 0.468 e. The first kappa shape index (κ1) is 11.9. The van der Waals surface area contributed by atoms with Crippen molar-refractivity contribution in [2.45, 2.75) is 31.7 Å². The Bertz CT molecular complexity index is 235. The van der Waals surface area contributed by atoms with E-state index in [2.05, 4.69) is 10.2 Å². The molecule has 4 nitrogen and oxygen atoms in total. The minimum Gasteiger partial charge on any atom is -0.468 e. The topological polar surface area (TPSA) is 41.6 Å². The van der Waals surface area contributed by atoms with Gasteiger partial charge in [0.2, 0.25) is 0 Å². The molecule has 4 heteroatoms. The third-order valence-corrected chi connectivity index (χ3v) is 3.54. The number of esters is 1. The maximum Gasteiger partial charge on any atom is 0.323 e. The summed E-state index contributed by atoms with van der Waals surface area (Å²) in [5.74, 6) is 0.426. The lowest BCUT2D eigenvalue weighted by Crippen LogP contribution is -2.43. The molecule has 2 rings (SSSR count). The van der Waals surface area contributed by atoms with E-state index < -0.39 is 0 Å². The molecule has 1 aliphatic heterocycles. The molecule has 16 heavy (non-hydrogen) atoms. The van der Waals surface area contributed by atoms with Crippen LogP contribution >= 0.6 is 0 Å². The normalized spacial score (nSPS) is 23.3. The highest BCUT2D eigenvalue weighted by Crippen LogP contribution is 2.33. The summed E-state index contributed by atoms with van der Waals surface area (Å²) in [6, 6.07) is -0.0624. The Morgan fingerprint density at radius 2 is 2.12 bits per heavy atom. The number of rotatable bonds is 6. The molecule has 0 radical (unpaired) electrons. The summed E-state index contributed by atoms with van der Waals surface area (Å²) < 4.78 is 4.82. The SMILES string of the molecule is COC(=O)C(NCCN1CCCC1)C1CC1. The van der Waals surface area contributed by atoms with Gasteiger partial charge in [-0.25, -0.2) is 0 Å². The summed E-state index contributed by atoms with van der Waals surface area (Å²) in [5.41, 5.74) is 0. The third-order valence-electron chi connectivity index (χ3n) is 3.54. The summed E-state index contributed by atoms with van der Waals surface area (Å²) in [7, 11) is 1.47. The van der Waals surface area contributed by atoms with Crippen LogP contribution in [0.25, 0.3) is 0 Å². The molecule has 1 saturated carbocycles. The van der Waals surface area contributed by atoms with Crippen LogP contribution in [-0.4, -0.2) is 50.2 Å². The van der Waals surface area contributed by atoms with Gasteiger partial charge in [0.25, 0.3) is 0 Å². The molecule has 1 saturated heterocycles. The molecule has 0 amide bonds. The van der Waals surface area contributed by atoms with E-state index >= 15 is 0 Å². The lowest BCUT2D eigenvalue weighted by molar-refractivity contribution is -0.143. The van der Waals surface area contributed by atoms with Gasteiger partial charge < -0.3 is 15.0 Å². The average Bonchev–Trinajstić information content (AvgIpc) is 3.00. The van der Waals surface area contributed by atoms with Crippen molar-refractivity contribution in [2.75, 3.05) is 33.3 Å². The molecule has 0 aromatic heterocycles. The highest BCUT2D eigenvalue weighted by molar-refractivity contribution is 5.76. The van der Waals surface area contributed by atoms with Crippen LogP contribution in [0.2, 0.25) is 0 Å². The highest BCUT2D eigenvalue weighted by atomic mass is 16.5. The van der Waals surface area contributed by atoms with Crippen molar-refractivity contribution in [2.24, 2.45) is 5.92 Å². The summed E-state index contributed by atoms with van der Waals surface area (Å²) in [6.45, 7) is 4.39. The molecule has 1 aliphatic carbocycles. The van der Waals surface area contributed by atoms with Crippen molar-refractivity contribution < 1.29 is 9.53 Å². The number of carbonyl (C=O) groups excluding carboxylic acids is 1. The van der Waals surface area contributed by atoms with E-state index in [1.54, 1.807) is 0 Å².